The van der Waals surface area contributed by atoms with Crippen molar-refractivity contribution in [3.8, 4) is 11.5 Å². The van der Waals surface area contributed by atoms with Gasteiger partial charge in [-0.15, -0.1) is 11.3 Å². The zero-order chi connectivity index (χ0) is 16.6. The molecule has 1 aromatic carbocycles. The van der Waals surface area contributed by atoms with E-state index in [-0.39, 0.29) is 17.1 Å². The summed E-state index contributed by atoms with van der Waals surface area (Å²) in [6, 6.07) is 7.03. The number of Topliss-reactive ketones (excluding diaryl/α,β-unsaturated/α-hetero) is 1. The largest absolute Gasteiger partial charge is 0.504 e. The van der Waals surface area contributed by atoms with Crippen molar-refractivity contribution in [3.05, 3.63) is 57.5 Å². The van der Waals surface area contributed by atoms with Crippen LogP contribution in [0.2, 0.25) is 0 Å². The first-order valence-electron chi connectivity index (χ1n) is 6.72. The van der Waals surface area contributed by atoms with Crippen LogP contribution >= 0.6 is 11.3 Å². The number of hydrogen-bond donors (Lipinski definition) is 3. The SMILES string of the molecule is COc1cc(C2NC(=O)C(O)=C2C(=O)c2cccs2)ccc1O. The average molecular weight is 331 g/mol. The fourth-order valence-electron chi connectivity index (χ4n) is 2.43. The molecule has 0 spiro atoms. The normalized spacial score (nSPS) is 17.3. The Morgan fingerprint density at radius 3 is 2.74 bits per heavy atom. The molecule has 0 saturated carbocycles. The van der Waals surface area contributed by atoms with Gasteiger partial charge in [-0.3, -0.25) is 9.59 Å². The van der Waals surface area contributed by atoms with Crippen LogP contribution in [0.1, 0.15) is 21.3 Å². The topological polar surface area (TPSA) is 95.9 Å². The number of amides is 1. The summed E-state index contributed by atoms with van der Waals surface area (Å²) in [5, 5.41) is 24.0. The Morgan fingerprint density at radius 2 is 2.09 bits per heavy atom. The Bertz CT molecular complexity index is 810. The van der Waals surface area contributed by atoms with Crippen LogP contribution < -0.4 is 10.1 Å². The maximum Gasteiger partial charge on any atom is 0.287 e. The maximum atomic E-state index is 12.6. The van der Waals surface area contributed by atoms with Gasteiger partial charge in [-0.1, -0.05) is 12.1 Å². The van der Waals surface area contributed by atoms with E-state index in [4.69, 9.17) is 4.74 Å². The van der Waals surface area contributed by atoms with E-state index in [1.165, 1.54) is 30.6 Å². The zero-order valence-corrected chi connectivity index (χ0v) is 12.9. The number of aliphatic hydroxyl groups is 1. The highest BCUT2D eigenvalue weighted by Gasteiger charge is 2.38. The van der Waals surface area contributed by atoms with Gasteiger partial charge in [0.2, 0.25) is 5.78 Å². The molecule has 1 aliphatic heterocycles. The summed E-state index contributed by atoms with van der Waals surface area (Å²) in [6.07, 6.45) is 0. The molecule has 1 unspecified atom stereocenters. The van der Waals surface area contributed by atoms with E-state index in [0.717, 1.165) is 0 Å². The van der Waals surface area contributed by atoms with Crippen molar-refractivity contribution in [2.24, 2.45) is 0 Å². The summed E-state index contributed by atoms with van der Waals surface area (Å²) in [4.78, 5) is 24.8. The molecule has 2 heterocycles. The molecule has 0 aliphatic carbocycles. The van der Waals surface area contributed by atoms with Crippen molar-refractivity contribution >= 4 is 23.0 Å². The highest BCUT2D eigenvalue weighted by molar-refractivity contribution is 7.12. The van der Waals surface area contributed by atoms with E-state index in [1.807, 2.05) is 0 Å². The van der Waals surface area contributed by atoms with Crippen LogP contribution in [0, 0.1) is 0 Å². The third-order valence-corrected chi connectivity index (χ3v) is 4.43. The third-order valence-electron chi connectivity index (χ3n) is 3.56. The lowest BCUT2D eigenvalue weighted by Gasteiger charge is -2.15. The lowest BCUT2D eigenvalue weighted by molar-refractivity contribution is -0.119. The fourth-order valence-corrected chi connectivity index (χ4v) is 3.11. The van der Waals surface area contributed by atoms with Gasteiger partial charge in [0.05, 0.1) is 23.6 Å². The predicted octanol–water partition coefficient (Wildman–Crippen LogP) is 2.33. The molecule has 2 aromatic rings. The number of benzene rings is 1. The van der Waals surface area contributed by atoms with Gasteiger partial charge in [0, 0.05) is 0 Å². The molecule has 7 heteroatoms. The molecule has 23 heavy (non-hydrogen) atoms. The lowest BCUT2D eigenvalue weighted by atomic mass is 9.96. The number of carbonyl (C=O) groups excluding carboxylic acids is 2. The van der Waals surface area contributed by atoms with Crippen LogP contribution in [0.4, 0.5) is 0 Å². The number of aromatic hydroxyl groups is 1. The minimum Gasteiger partial charge on any atom is -0.504 e. The number of methoxy groups -OCH3 is 1. The van der Waals surface area contributed by atoms with E-state index in [9.17, 15) is 19.8 Å². The average Bonchev–Trinajstić information content (AvgIpc) is 3.17. The van der Waals surface area contributed by atoms with Crippen LogP contribution in [0.15, 0.2) is 47.0 Å². The molecule has 0 bridgehead atoms. The van der Waals surface area contributed by atoms with Gasteiger partial charge in [-0.2, -0.15) is 0 Å². The molecule has 1 aromatic heterocycles. The first-order valence-corrected chi connectivity index (χ1v) is 7.60. The minimum atomic E-state index is -0.799. The number of thiophene rings is 1. The number of hydrogen-bond acceptors (Lipinski definition) is 6. The molecule has 0 fully saturated rings. The Hall–Kier alpha value is -2.80. The van der Waals surface area contributed by atoms with Crippen LogP contribution in [-0.4, -0.2) is 29.0 Å². The Labute approximate surface area is 135 Å². The second-order valence-corrected chi connectivity index (χ2v) is 5.85. The molecule has 1 atom stereocenters. The van der Waals surface area contributed by atoms with Crippen LogP contribution in [0.25, 0.3) is 0 Å². The summed E-state index contributed by atoms with van der Waals surface area (Å²) >= 11 is 1.23. The molecular formula is C16H13NO5S. The summed E-state index contributed by atoms with van der Waals surface area (Å²) < 4.78 is 5.04. The standard InChI is InChI=1S/C16H13NO5S/c1-22-10-7-8(4-5-9(10)18)13-12(15(20)16(21)17-13)14(19)11-3-2-6-23-11/h2-7,13,18,20H,1H3,(H,17,21). The molecule has 3 N–H and O–H groups in total. The molecule has 0 saturated heterocycles. The molecule has 118 valence electrons. The van der Waals surface area contributed by atoms with Crippen molar-refractivity contribution in [2.45, 2.75) is 6.04 Å². The summed E-state index contributed by atoms with van der Waals surface area (Å²) in [7, 11) is 1.40. The van der Waals surface area contributed by atoms with Gasteiger partial charge < -0.3 is 20.3 Å². The van der Waals surface area contributed by atoms with Gasteiger partial charge >= 0.3 is 0 Å². The molecule has 1 aliphatic rings. The van der Waals surface area contributed by atoms with Gasteiger partial charge in [0.1, 0.15) is 0 Å². The van der Waals surface area contributed by atoms with Crippen LogP contribution in [0.3, 0.4) is 0 Å². The third kappa shape index (κ3) is 2.55. The number of phenolic OH excluding ortho intramolecular Hbond substituents is 1. The first kappa shape index (κ1) is 15.1. The number of carbonyl (C=O) groups is 2. The Morgan fingerprint density at radius 1 is 1.30 bits per heavy atom. The smallest absolute Gasteiger partial charge is 0.287 e. The van der Waals surface area contributed by atoms with Crippen molar-refractivity contribution in [3.63, 3.8) is 0 Å². The Balaban J connectivity index is 2.05. The fraction of sp³-hybridized carbons (Fsp3) is 0.125. The number of ether oxygens (including phenoxy) is 1. The number of phenols is 1. The molecular weight excluding hydrogens is 318 g/mol. The number of ketones is 1. The van der Waals surface area contributed by atoms with Crippen molar-refractivity contribution in [2.75, 3.05) is 7.11 Å². The van der Waals surface area contributed by atoms with Gasteiger partial charge in [-0.05, 0) is 29.1 Å². The van der Waals surface area contributed by atoms with Gasteiger partial charge in [-0.25, -0.2) is 0 Å². The van der Waals surface area contributed by atoms with E-state index < -0.39 is 23.5 Å². The highest BCUT2D eigenvalue weighted by atomic mass is 32.1. The van der Waals surface area contributed by atoms with Crippen molar-refractivity contribution in [1.29, 1.82) is 0 Å². The Kier molecular flexibility index (Phi) is 3.79. The summed E-state index contributed by atoms with van der Waals surface area (Å²) in [5.41, 5.74) is 0.516. The van der Waals surface area contributed by atoms with Gasteiger partial charge in [0.15, 0.2) is 17.3 Å². The molecule has 3 rings (SSSR count). The number of rotatable bonds is 4. The quantitative estimate of drug-likeness (QED) is 0.747. The second kappa shape index (κ2) is 5.77. The number of nitrogens with one attached hydrogen (secondary N) is 1. The summed E-state index contributed by atoms with van der Waals surface area (Å²) in [6.45, 7) is 0. The number of aliphatic hydroxyl groups excluding tert-OH is 1. The highest BCUT2D eigenvalue weighted by Crippen LogP contribution is 2.36. The lowest BCUT2D eigenvalue weighted by Crippen LogP contribution is -2.23. The minimum absolute atomic E-state index is 0.00908. The summed E-state index contributed by atoms with van der Waals surface area (Å²) in [5.74, 6) is -1.54. The van der Waals surface area contributed by atoms with Crippen LogP contribution in [0.5, 0.6) is 11.5 Å². The van der Waals surface area contributed by atoms with E-state index in [1.54, 1.807) is 23.6 Å². The maximum absolute atomic E-state index is 12.6. The first-order chi connectivity index (χ1) is 11.0. The zero-order valence-electron chi connectivity index (χ0n) is 12.1. The van der Waals surface area contributed by atoms with Crippen LogP contribution in [-0.2, 0) is 4.79 Å². The van der Waals surface area contributed by atoms with E-state index in [0.29, 0.717) is 10.4 Å². The molecule has 0 radical (unpaired) electrons. The van der Waals surface area contributed by atoms with E-state index >= 15 is 0 Å². The second-order valence-electron chi connectivity index (χ2n) is 4.91. The monoisotopic (exact) mass is 331 g/mol. The van der Waals surface area contributed by atoms with E-state index in [2.05, 4.69) is 5.32 Å². The molecule has 6 nitrogen and oxygen atoms in total. The van der Waals surface area contributed by atoms with Crippen molar-refractivity contribution in [1.82, 2.24) is 5.32 Å². The molecule has 1 amide bonds. The predicted molar refractivity (Wildman–Crippen MR) is 83.8 cm³/mol. The van der Waals surface area contributed by atoms with Crippen molar-refractivity contribution < 1.29 is 24.5 Å². The van der Waals surface area contributed by atoms with Gasteiger partial charge in [0.25, 0.3) is 5.91 Å².